The fraction of sp³-hybridized carbons (Fsp3) is 0.333. The van der Waals surface area contributed by atoms with Crippen molar-refractivity contribution in [2.45, 2.75) is 51.6 Å². The van der Waals surface area contributed by atoms with Crippen LogP contribution in [0.25, 0.3) is 21.2 Å². The van der Waals surface area contributed by atoms with Crippen LogP contribution in [0.4, 0.5) is 14.6 Å². The topological polar surface area (TPSA) is 68.5 Å². The molecule has 0 bridgehead atoms. The number of nitrogens with zero attached hydrogens (tertiary/aromatic N) is 2. The highest BCUT2D eigenvalue weighted by molar-refractivity contribution is 7.21. The summed E-state index contributed by atoms with van der Waals surface area (Å²) in [7, 11) is 1.59. The SMILES string of the molecule is CC[C@H]1CC[C@H](N(Cc2cc(-c3ccnc(N)c3)ccc2OC)C(=O)c2sc3c(F)ccc(F)c3c2Cl)CC1. The summed E-state index contributed by atoms with van der Waals surface area (Å²) < 4.78 is 34.9. The summed E-state index contributed by atoms with van der Waals surface area (Å²) in [5.74, 6) is 0.101. The molecule has 0 spiro atoms. The van der Waals surface area contributed by atoms with E-state index in [4.69, 9.17) is 22.1 Å². The quantitative estimate of drug-likeness (QED) is 0.244. The van der Waals surface area contributed by atoms with Crippen LogP contribution in [-0.2, 0) is 6.54 Å². The predicted octanol–water partition coefficient (Wildman–Crippen LogP) is 8.10. The lowest BCUT2D eigenvalue weighted by Crippen LogP contribution is -2.41. The van der Waals surface area contributed by atoms with Gasteiger partial charge in [-0.1, -0.05) is 31.0 Å². The molecule has 5 nitrogen and oxygen atoms in total. The highest BCUT2D eigenvalue weighted by atomic mass is 35.5. The maximum absolute atomic E-state index is 14.6. The molecule has 1 fully saturated rings. The molecule has 5 rings (SSSR count). The number of amides is 1. The molecule has 0 radical (unpaired) electrons. The lowest BCUT2D eigenvalue weighted by molar-refractivity contribution is 0.0591. The molecule has 0 aliphatic heterocycles. The van der Waals surface area contributed by atoms with E-state index in [-0.39, 0.29) is 38.5 Å². The molecule has 1 amide bonds. The first-order valence-electron chi connectivity index (χ1n) is 13.1. The van der Waals surface area contributed by atoms with E-state index in [2.05, 4.69) is 11.9 Å². The van der Waals surface area contributed by atoms with Crippen molar-refractivity contribution < 1.29 is 18.3 Å². The number of methoxy groups -OCH3 is 1. The second-order valence-electron chi connectivity index (χ2n) is 9.99. The van der Waals surface area contributed by atoms with Gasteiger partial charge in [0, 0.05) is 24.3 Å². The molecule has 204 valence electrons. The summed E-state index contributed by atoms with van der Waals surface area (Å²) in [6.07, 6.45) is 6.48. The zero-order valence-corrected chi connectivity index (χ0v) is 23.4. The van der Waals surface area contributed by atoms with E-state index in [1.807, 2.05) is 24.3 Å². The van der Waals surface area contributed by atoms with Gasteiger partial charge in [0.15, 0.2) is 0 Å². The molecule has 1 aliphatic carbocycles. The number of thiophene rings is 1. The summed E-state index contributed by atoms with van der Waals surface area (Å²) >= 11 is 7.46. The van der Waals surface area contributed by atoms with E-state index < -0.39 is 11.6 Å². The minimum absolute atomic E-state index is 0.0406. The van der Waals surface area contributed by atoms with Gasteiger partial charge >= 0.3 is 0 Å². The minimum atomic E-state index is -0.646. The smallest absolute Gasteiger partial charge is 0.266 e. The second kappa shape index (κ2) is 11.5. The number of anilines is 1. The third-order valence-corrected chi connectivity index (χ3v) is 9.38. The first-order valence-corrected chi connectivity index (χ1v) is 14.3. The van der Waals surface area contributed by atoms with Gasteiger partial charge in [0.05, 0.1) is 22.2 Å². The average molecular weight is 570 g/mol. The maximum atomic E-state index is 14.6. The molecule has 9 heteroatoms. The number of pyridine rings is 1. The summed E-state index contributed by atoms with van der Waals surface area (Å²) in [5, 5.41) is -0.0910. The molecular weight excluding hydrogens is 540 g/mol. The number of halogens is 3. The number of hydrogen-bond acceptors (Lipinski definition) is 5. The van der Waals surface area contributed by atoms with Crippen molar-refractivity contribution in [3.63, 3.8) is 0 Å². The first-order chi connectivity index (χ1) is 18.8. The van der Waals surface area contributed by atoms with Gasteiger partial charge < -0.3 is 15.4 Å². The lowest BCUT2D eigenvalue weighted by Gasteiger charge is -2.37. The number of carbonyl (C=O) groups excluding carboxylic acids is 1. The number of hydrogen-bond donors (Lipinski definition) is 1. The van der Waals surface area contributed by atoms with Gasteiger partial charge in [-0.3, -0.25) is 4.79 Å². The number of fused-ring (bicyclic) bond motifs is 1. The van der Waals surface area contributed by atoms with Crippen LogP contribution in [0, 0.1) is 17.6 Å². The monoisotopic (exact) mass is 569 g/mol. The molecule has 0 saturated heterocycles. The Morgan fingerprint density at radius 3 is 2.49 bits per heavy atom. The van der Waals surface area contributed by atoms with Gasteiger partial charge in [-0.2, -0.15) is 0 Å². The van der Waals surface area contributed by atoms with Gasteiger partial charge in [-0.15, -0.1) is 11.3 Å². The van der Waals surface area contributed by atoms with E-state index in [1.165, 1.54) is 0 Å². The van der Waals surface area contributed by atoms with Gasteiger partial charge in [0.1, 0.15) is 28.1 Å². The standard InChI is InChI=1S/C30H30ClF2N3O2S/c1-3-17-4-7-21(8-5-17)36(30(37)29-27(31)26-22(32)9-10-23(33)28(26)39-29)16-20-14-18(6-11-24(20)38-2)19-12-13-35-25(34)15-19/h6,9-15,17,21H,3-5,7-8,16H2,1-2H3,(H2,34,35)/t17-,21-. The number of rotatable bonds is 7. The van der Waals surface area contributed by atoms with Gasteiger partial charge in [0.2, 0.25) is 0 Å². The molecular formula is C30H30ClF2N3O2S. The van der Waals surface area contributed by atoms with E-state index in [0.29, 0.717) is 17.5 Å². The third kappa shape index (κ3) is 5.45. The highest BCUT2D eigenvalue weighted by Gasteiger charge is 2.33. The summed E-state index contributed by atoms with van der Waals surface area (Å²) in [5.41, 5.74) is 8.52. The Morgan fingerprint density at radius 1 is 1.10 bits per heavy atom. The molecule has 1 saturated carbocycles. The van der Waals surface area contributed by atoms with Crippen LogP contribution in [0.15, 0.2) is 48.7 Å². The largest absolute Gasteiger partial charge is 0.496 e. The molecule has 2 heterocycles. The molecule has 2 aromatic heterocycles. The zero-order chi connectivity index (χ0) is 27.7. The fourth-order valence-corrected chi connectivity index (χ4v) is 7.00. The summed E-state index contributed by atoms with van der Waals surface area (Å²) in [4.78, 5) is 20.2. The third-order valence-electron chi connectivity index (χ3n) is 7.71. The van der Waals surface area contributed by atoms with Crippen molar-refractivity contribution in [1.29, 1.82) is 0 Å². The molecule has 39 heavy (non-hydrogen) atoms. The van der Waals surface area contributed by atoms with Crippen LogP contribution >= 0.6 is 22.9 Å². The van der Waals surface area contributed by atoms with Crippen LogP contribution < -0.4 is 10.5 Å². The highest BCUT2D eigenvalue weighted by Crippen LogP contribution is 2.41. The van der Waals surface area contributed by atoms with Crippen LogP contribution in [0.2, 0.25) is 5.02 Å². The molecule has 2 N–H and O–H groups in total. The normalized spacial score (nSPS) is 17.4. The Kier molecular flexibility index (Phi) is 8.05. The van der Waals surface area contributed by atoms with Crippen molar-refractivity contribution in [2.24, 2.45) is 5.92 Å². The average Bonchev–Trinajstić information content (AvgIpc) is 3.31. The van der Waals surface area contributed by atoms with E-state index >= 15 is 0 Å². The summed E-state index contributed by atoms with van der Waals surface area (Å²) in [6, 6.07) is 11.5. The Balaban J connectivity index is 1.56. The lowest BCUT2D eigenvalue weighted by atomic mass is 9.83. The number of ether oxygens (including phenoxy) is 1. The Labute approximate surface area is 235 Å². The van der Waals surface area contributed by atoms with Crippen molar-refractivity contribution in [3.05, 3.63) is 75.8 Å². The maximum Gasteiger partial charge on any atom is 0.266 e. The molecule has 0 atom stereocenters. The first kappa shape index (κ1) is 27.3. The number of benzene rings is 2. The second-order valence-corrected chi connectivity index (χ2v) is 11.4. The van der Waals surface area contributed by atoms with Gasteiger partial charge in [0.25, 0.3) is 5.91 Å². The number of carbonyl (C=O) groups is 1. The Morgan fingerprint density at radius 2 is 1.82 bits per heavy atom. The van der Waals surface area contributed by atoms with Crippen LogP contribution in [-0.4, -0.2) is 28.9 Å². The molecule has 4 aromatic rings. The fourth-order valence-electron chi connectivity index (χ4n) is 5.49. The van der Waals surface area contributed by atoms with Crippen LogP contribution in [0.5, 0.6) is 5.75 Å². The van der Waals surface area contributed by atoms with Crippen LogP contribution in [0.1, 0.15) is 54.3 Å². The Hall–Kier alpha value is -3.23. The summed E-state index contributed by atoms with van der Waals surface area (Å²) in [6.45, 7) is 2.45. The number of nitrogens with two attached hydrogens (primary N) is 1. The Bertz CT molecular complexity index is 1520. The molecule has 1 aliphatic rings. The van der Waals surface area contributed by atoms with Crippen molar-refractivity contribution in [3.8, 4) is 16.9 Å². The van der Waals surface area contributed by atoms with Gasteiger partial charge in [-0.05, 0) is 79.1 Å². The zero-order valence-electron chi connectivity index (χ0n) is 21.8. The van der Waals surface area contributed by atoms with Crippen molar-refractivity contribution in [2.75, 3.05) is 12.8 Å². The van der Waals surface area contributed by atoms with Crippen LogP contribution in [0.3, 0.4) is 0 Å². The van der Waals surface area contributed by atoms with E-state index in [9.17, 15) is 13.6 Å². The van der Waals surface area contributed by atoms with Gasteiger partial charge in [-0.25, -0.2) is 13.8 Å². The van der Waals surface area contributed by atoms with E-state index in [0.717, 1.165) is 72.3 Å². The molecule has 2 aromatic carbocycles. The van der Waals surface area contributed by atoms with E-state index in [1.54, 1.807) is 24.3 Å². The number of aromatic nitrogens is 1. The minimum Gasteiger partial charge on any atom is -0.496 e. The van der Waals surface area contributed by atoms with Crippen molar-refractivity contribution >= 4 is 44.7 Å². The predicted molar refractivity (Wildman–Crippen MR) is 153 cm³/mol. The van der Waals surface area contributed by atoms with Crippen molar-refractivity contribution in [1.82, 2.24) is 9.88 Å². The number of nitrogen functional groups attached to an aromatic ring is 1. The molecule has 0 unspecified atom stereocenters.